The number of aryl methyl sites for hydroxylation is 1. The Kier molecular flexibility index (Phi) is 6.02. The van der Waals surface area contributed by atoms with Crippen LogP contribution in [0.25, 0.3) is 0 Å². The highest BCUT2D eigenvalue weighted by molar-refractivity contribution is 5.89. The number of nitrogens with one attached hydrogen (secondary N) is 2. The summed E-state index contributed by atoms with van der Waals surface area (Å²) in [6.45, 7) is 7.88. The molecule has 1 aliphatic heterocycles. The Labute approximate surface area is 138 Å². The van der Waals surface area contributed by atoms with Crippen molar-refractivity contribution >= 4 is 17.6 Å². The number of anilines is 1. The quantitative estimate of drug-likeness (QED) is 0.897. The number of carbonyl (C=O) groups excluding carboxylic acids is 2. The number of piperidine rings is 1. The van der Waals surface area contributed by atoms with E-state index in [4.69, 9.17) is 0 Å². The van der Waals surface area contributed by atoms with Gasteiger partial charge < -0.3 is 15.5 Å². The van der Waals surface area contributed by atoms with Crippen LogP contribution in [0.3, 0.4) is 0 Å². The Morgan fingerprint density at radius 1 is 1.35 bits per heavy atom. The van der Waals surface area contributed by atoms with Crippen LogP contribution in [-0.4, -0.2) is 36.5 Å². The molecule has 2 rings (SSSR count). The second-order valence-electron chi connectivity index (χ2n) is 6.65. The maximum atomic E-state index is 12.4. The van der Waals surface area contributed by atoms with Crippen LogP contribution < -0.4 is 10.6 Å². The van der Waals surface area contributed by atoms with Gasteiger partial charge in [-0.15, -0.1) is 0 Å². The normalized spacial score (nSPS) is 17.9. The molecule has 0 saturated carbocycles. The van der Waals surface area contributed by atoms with Crippen LogP contribution in [0.1, 0.15) is 32.3 Å². The molecule has 1 heterocycles. The summed E-state index contributed by atoms with van der Waals surface area (Å²) < 4.78 is 0. The van der Waals surface area contributed by atoms with Gasteiger partial charge >= 0.3 is 6.03 Å². The van der Waals surface area contributed by atoms with Crippen LogP contribution >= 0.6 is 0 Å². The molecular weight excluding hydrogens is 290 g/mol. The van der Waals surface area contributed by atoms with Gasteiger partial charge in [-0.25, -0.2) is 4.79 Å². The summed E-state index contributed by atoms with van der Waals surface area (Å²) in [4.78, 5) is 25.9. The van der Waals surface area contributed by atoms with Crippen molar-refractivity contribution in [3.05, 3.63) is 29.8 Å². The molecule has 0 aliphatic carbocycles. The first kappa shape index (κ1) is 17.3. The van der Waals surface area contributed by atoms with Crippen molar-refractivity contribution in [1.82, 2.24) is 10.2 Å². The summed E-state index contributed by atoms with van der Waals surface area (Å²) in [5.74, 6) is 0.403. The van der Waals surface area contributed by atoms with Crippen molar-refractivity contribution in [2.24, 2.45) is 11.8 Å². The lowest BCUT2D eigenvalue weighted by molar-refractivity contribution is -0.124. The molecule has 5 heteroatoms. The zero-order valence-corrected chi connectivity index (χ0v) is 14.3. The summed E-state index contributed by atoms with van der Waals surface area (Å²) in [5, 5.41) is 5.93. The molecular formula is C18H27N3O2. The maximum Gasteiger partial charge on any atom is 0.321 e. The van der Waals surface area contributed by atoms with Crippen LogP contribution in [-0.2, 0) is 4.79 Å². The molecule has 1 unspecified atom stereocenters. The molecule has 1 aliphatic rings. The minimum atomic E-state index is -0.0597. The third-order valence-electron chi connectivity index (χ3n) is 4.16. The van der Waals surface area contributed by atoms with Gasteiger partial charge in [0.2, 0.25) is 5.91 Å². The first-order chi connectivity index (χ1) is 11.0. The number of rotatable bonds is 4. The highest BCUT2D eigenvalue weighted by Crippen LogP contribution is 2.18. The van der Waals surface area contributed by atoms with E-state index in [9.17, 15) is 9.59 Å². The van der Waals surface area contributed by atoms with Gasteiger partial charge in [0.05, 0.1) is 0 Å². The van der Waals surface area contributed by atoms with E-state index in [-0.39, 0.29) is 17.9 Å². The number of carbonyl (C=O) groups is 2. The summed E-state index contributed by atoms with van der Waals surface area (Å²) in [5.41, 5.74) is 1.95. The zero-order valence-electron chi connectivity index (χ0n) is 14.3. The first-order valence-electron chi connectivity index (χ1n) is 8.36. The van der Waals surface area contributed by atoms with Gasteiger partial charge in [-0.1, -0.05) is 26.0 Å². The lowest BCUT2D eigenvalue weighted by atomic mass is 9.98. The van der Waals surface area contributed by atoms with Crippen molar-refractivity contribution in [2.45, 2.75) is 33.6 Å². The third-order valence-corrected chi connectivity index (χ3v) is 4.16. The highest BCUT2D eigenvalue weighted by atomic mass is 16.2. The molecule has 0 aromatic heterocycles. The lowest BCUT2D eigenvalue weighted by Gasteiger charge is -2.33. The van der Waals surface area contributed by atoms with E-state index in [1.165, 1.54) is 0 Å². The minimum Gasteiger partial charge on any atom is -0.356 e. The van der Waals surface area contributed by atoms with Crippen molar-refractivity contribution < 1.29 is 9.59 Å². The van der Waals surface area contributed by atoms with E-state index in [0.717, 1.165) is 30.6 Å². The molecule has 1 atom stereocenters. The van der Waals surface area contributed by atoms with Crippen molar-refractivity contribution in [2.75, 3.05) is 25.0 Å². The predicted molar refractivity (Wildman–Crippen MR) is 92.3 cm³/mol. The summed E-state index contributed by atoms with van der Waals surface area (Å²) in [7, 11) is 0. The van der Waals surface area contributed by atoms with Crippen LogP contribution in [0, 0.1) is 18.8 Å². The van der Waals surface area contributed by atoms with Crippen LogP contribution in [0.2, 0.25) is 0 Å². The minimum absolute atomic E-state index is 0.000637. The Balaban J connectivity index is 1.85. The Morgan fingerprint density at radius 3 is 2.83 bits per heavy atom. The summed E-state index contributed by atoms with van der Waals surface area (Å²) in [6, 6.07) is 7.74. The molecule has 1 aromatic rings. The van der Waals surface area contributed by atoms with Crippen LogP contribution in [0.15, 0.2) is 24.3 Å². The number of nitrogens with zero attached hydrogens (tertiary/aromatic N) is 1. The van der Waals surface area contributed by atoms with E-state index in [2.05, 4.69) is 10.6 Å². The van der Waals surface area contributed by atoms with E-state index in [1.54, 1.807) is 0 Å². The molecule has 1 saturated heterocycles. The number of amides is 3. The highest BCUT2D eigenvalue weighted by Gasteiger charge is 2.24. The van der Waals surface area contributed by atoms with E-state index in [0.29, 0.717) is 19.0 Å². The molecule has 0 spiro atoms. The van der Waals surface area contributed by atoms with Gasteiger partial charge in [0.25, 0.3) is 0 Å². The topological polar surface area (TPSA) is 61.4 Å². The summed E-state index contributed by atoms with van der Waals surface area (Å²) >= 11 is 0. The zero-order chi connectivity index (χ0) is 16.8. The first-order valence-corrected chi connectivity index (χ1v) is 8.36. The molecule has 126 valence electrons. The lowest BCUT2D eigenvalue weighted by Crippen LogP contribution is -2.45. The fourth-order valence-electron chi connectivity index (χ4n) is 2.79. The summed E-state index contributed by atoms with van der Waals surface area (Å²) in [6.07, 6.45) is 2.02. The van der Waals surface area contributed by atoms with E-state index >= 15 is 0 Å². The Morgan fingerprint density at radius 2 is 2.13 bits per heavy atom. The molecule has 2 N–H and O–H groups in total. The number of benzene rings is 1. The molecule has 3 amide bonds. The van der Waals surface area contributed by atoms with Gasteiger partial charge in [-0.05, 0) is 43.4 Å². The smallest absolute Gasteiger partial charge is 0.321 e. The molecule has 23 heavy (non-hydrogen) atoms. The average Bonchev–Trinajstić information content (AvgIpc) is 2.52. The Hall–Kier alpha value is -2.04. The molecule has 1 aromatic carbocycles. The largest absolute Gasteiger partial charge is 0.356 e. The van der Waals surface area contributed by atoms with Gasteiger partial charge in [0.15, 0.2) is 0 Å². The van der Waals surface area contributed by atoms with Crippen molar-refractivity contribution in [3.8, 4) is 0 Å². The average molecular weight is 317 g/mol. The van der Waals surface area contributed by atoms with Crippen molar-refractivity contribution in [1.29, 1.82) is 0 Å². The number of hydrogen-bond donors (Lipinski definition) is 2. The molecule has 5 nitrogen and oxygen atoms in total. The molecule has 1 fully saturated rings. The van der Waals surface area contributed by atoms with Gasteiger partial charge in [0, 0.05) is 31.2 Å². The maximum absolute atomic E-state index is 12.4. The molecule has 0 radical (unpaired) electrons. The number of likely N-dealkylation sites (tertiary alicyclic amines) is 1. The molecule has 0 bridgehead atoms. The third kappa shape index (κ3) is 5.27. The number of urea groups is 1. The van der Waals surface area contributed by atoms with Crippen molar-refractivity contribution in [3.63, 3.8) is 0 Å². The monoisotopic (exact) mass is 317 g/mol. The Bertz CT molecular complexity index is 557. The second kappa shape index (κ2) is 7.99. The number of hydrogen-bond acceptors (Lipinski definition) is 2. The van der Waals surface area contributed by atoms with Gasteiger partial charge in [-0.2, -0.15) is 0 Å². The second-order valence-corrected chi connectivity index (χ2v) is 6.65. The van der Waals surface area contributed by atoms with Gasteiger partial charge in [-0.3, -0.25) is 4.79 Å². The standard InChI is InChI=1S/C18H27N3O2/c1-13(2)17(22)19-11-15-7-5-9-21(12-15)18(23)20-16-8-4-6-14(3)10-16/h4,6,8,10,13,15H,5,7,9,11-12H2,1-3H3,(H,19,22)(H,20,23). The predicted octanol–water partition coefficient (Wildman–Crippen LogP) is 3.01. The SMILES string of the molecule is Cc1cccc(NC(=O)N2CCCC(CNC(=O)C(C)C)C2)c1. The van der Waals surface area contributed by atoms with Gasteiger partial charge in [0.1, 0.15) is 0 Å². The van der Waals surface area contributed by atoms with Crippen LogP contribution in [0.4, 0.5) is 10.5 Å². The fourth-order valence-corrected chi connectivity index (χ4v) is 2.79. The van der Waals surface area contributed by atoms with E-state index < -0.39 is 0 Å². The van der Waals surface area contributed by atoms with Crippen LogP contribution in [0.5, 0.6) is 0 Å². The van der Waals surface area contributed by atoms with E-state index in [1.807, 2.05) is 49.9 Å². The fraction of sp³-hybridized carbons (Fsp3) is 0.556.